The highest BCUT2D eigenvalue weighted by Gasteiger charge is 2.29. The van der Waals surface area contributed by atoms with Crippen molar-refractivity contribution in [2.24, 2.45) is 5.10 Å². The number of carbonyl (C=O) groups excluding carboxylic acids is 2. The van der Waals surface area contributed by atoms with Crippen LogP contribution < -0.4 is 9.79 Å². The van der Waals surface area contributed by atoms with Crippen LogP contribution in [0.15, 0.2) is 65.8 Å². The van der Waals surface area contributed by atoms with Crippen molar-refractivity contribution in [2.75, 3.05) is 6.61 Å². The lowest BCUT2D eigenvalue weighted by Crippen LogP contribution is -2.45. The molecule has 0 fully saturated rings. The molecule has 8 nitrogen and oxygen atoms in total. The predicted octanol–water partition coefficient (Wildman–Crippen LogP) is 1.19. The van der Waals surface area contributed by atoms with E-state index in [0.29, 0.717) is 5.56 Å². The molecule has 1 heterocycles. The van der Waals surface area contributed by atoms with Gasteiger partial charge in [0.1, 0.15) is 5.21 Å². The maximum absolute atomic E-state index is 12.6. The van der Waals surface area contributed by atoms with Crippen molar-refractivity contribution in [3.63, 3.8) is 0 Å². The minimum Gasteiger partial charge on any atom is -0.836 e. The van der Waals surface area contributed by atoms with Gasteiger partial charge in [-0.25, -0.2) is 4.79 Å². The maximum Gasteiger partial charge on any atom is 0.383 e. The van der Waals surface area contributed by atoms with Crippen LogP contribution in [0.5, 0.6) is 5.88 Å². The van der Waals surface area contributed by atoms with E-state index in [1.165, 1.54) is 6.21 Å². The van der Waals surface area contributed by atoms with Gasteiger partial charge < -0.3 is 9.84 Å². The van der Waals surface area contributed by atoms with Crippen LogP contribution in [0.3, 0.4) is 0 Å². The molecule has 0 aliphatic carbocycles. The van der Waals surface area contributed by atoms with Gasteiger partial charge in [-0.3, -0.25) is 4.79 Å². The van der Waals surface area contributed by atoms with Gasteiger partial charge in [-0.15, -0.1) is 4.68 Å². The Morgan fingerprint density at radius 3 is 2.43 bits per heavy atom. The number of Topliss-reactive ketones (excluding diaryl/α,β-unsaturated/α-hetero) is 1. The molecule has 0 aliphatic rings. The summed E-state index contributed by atoms with van der Waals surface area (Å²) in [6, 6.07) is 17.6. The summed E-state index contributed by atoms with van der Waals surface area (Å²) in [4.78, 5) is 25.5. The van der Waals surface area contributed by atoms with Crippen LogP contribution in [-0.4, -0.2) is 34.6 Å². The SMILES string of the molecule is CCOC(=O)c1c([O-])n(N=Cc2ccccc2)n[n+]1CC(=O)c1ccccc1. The Hall–Kier alpha value is -3.81. The third-order valence-electron chi connectivity index (χ3n) is 3.81. The van der Waals surface area contributed by atoms with Crippen molar-refractivity contribution in [3.05, 3.63) is 77.5 Å². The second-order valence-corrected chi connectivity index (χ2v) is 5.76. The van der Waals surface area contributed by atoms with Crippen LogP contribution >= 0.6 is 0 Å². The van der Waals surface area contributed by atoms with E-state index in [9.17, 15) is 14.7 Å². The molecule has 0 saturated heterocycles. The molecule has 0 saturated carbocycles. The minimum atomic E-state index is -0.852. The van der Waals surface area contributed by atoms with E-state index in [0.717, 1.165) is 15.0 Å². The van der Waals surface area contributed by atoms with E-state index in [4.69, 9.17) is 4.74 Å². The Bertz CT molecular complexity index is 998. The fourth-order valence-electron chi connectivity index (χ4n) is 2.48. The standard InChI is InChI=1S/C20H18N4O4/c1-2-28-20(27)18-19(26)24(21-13-15-9-5-3-6-10-15)22-23(18)14-17(25)16-11-7-4-8-12-16/h3-13H,2,14H2,1H3. The van der Waals surface area contributed by atoms with Gasteiger partial charge in [-0.1, -0.05) is 65.8 Å². The average molecular weight is 378 g/mol. The summed E-state index contributed by atoms with van der Waals surface area (Å²) in [6.07, 6.45) is 1.44. The van der Waals surface area contributed by atoms with Crippen molar-refractivity contribution < 1.29 is 24.1 Å². The lowest BCUT2D eigenvalue weighted by Gasteiger charge is -2.03. The fourth-order valence-corrected chi connectivity index (χ4v) is 2.48. The molecule has 0 amide bonds. The van der Waals surface area contributed by atoms with E-state index in [1.54, 1.807) is 49.4 Å². The van der Waals surface area contributed by atoms with Gasteiger partial charge in [-0.05, 0) is 17.3 Å². The zero-order chi connectivity index (χ0) is 19.9. The molecule has 1 aromatic heterocycles. The number of aromatic nitrogens is 3. The summed E-state index contributed by atoms with van der Waals surface area (Å²) in [5, 5.41) is 20.6. The van der Waals surface area contributed by atoms with Crippen molar-refractivity contribution >= 4 is 18.0 Å². The summed E-state index contributed by atoms with van der Waals surface area (Å²) >= 11 is 0. The molecule has 3 aromatic rings. The van der Waals surface area contributed by atoms with Gasteiger partial charge in [0.25, 0.3) is 5.69 Å². The quantitative estimate of drug-likeness (QED) is 0.266. The van der Waals surface area contributed by atoms with E-state index in [-0.39, 0.29) is 24.6 Å². The monoisotopic (exact) mass is 378 g/mol. The Labute approximate surface area is 161 Å². The summed E-state index contributed by atoms with van der Waals surface area (Å²) in [7, 11) is 0. The molecule has 0 bridgehead atoms. The second-order valence-electron chi connectivity index (χ2n) is 5.76. The van der Waals surface area contributed by atoms with Crippen molar-refractivity contribution in [1.29, 1.82) is 0 Å². The number of esters is 1. The zero-order valence-electron chi connectivity index (χ0n) is 15.2. The van der Waals surface area contributed by atoms with Crippen molar-refractivity contribution in [2.45, 2.75) is 13.5 Å². The molecule has 8 heteroatoms. The fraction of sp³-hybridized carbons (Fsp3) is 0.150. The highest BCUT2D eigenvalue weighted by Crippen LogP contribution is 2.11. The summed E-state index contributed by atoms with van der Waals surface area (Å²) < 4.78 is 5.96. The van der Waals surface area contributed by atoms with Gasteiger partial charge in [0.15, 0.2) is 12.4 Å². The van der Waals surface area contributed by atoms with Gasteiger partial charge >= 0.3 is 5.97 Å². The number of carbonyl (C=O) groups is 2. The molecule has 0 spiro atoms. The number of rotatable bonds is 7. The van der Waals surface area contributed by atoms with Crippen LogP contribution in [-0.2, 0) is 11.3 Å². The molecule has 3 rings (SSSR count). The number of ketones is 1. The number of ether oxygens (including phenoxy) is 1. The van der Waals surface area contributed by atoms with Gasteiger partial charge in [0, 0.05) is 5.56 Å². The van der Waals surface area contributed by atoms with E-state index in [2.05, 4.69) is 10.3 Å². The lowest BCUT2D eigenvalue weighted by atomic mass is 10.1. The van der Waals surface area contributed by atoms with E-state index >= 15 is 0 Å². The number of hydrogen-bond donors (Lipinski definition) is 0. The average Bonchev–Trinajstić information content (AvgIpc) is 3.03. The first-order chi connectivity index (χ1) is 13.6. The second kappa shape index (κ2) is 8.72. The highest BCUT2D eigenvalue weighted by atomic mass is 16.5. The number of nitrogens with zero attached hydrogens (tertiary/aromatic N) is 4. The summed E-state index contributed by atoms with van der Waals surface area (Å²) in [6.45, 7) is 1.42. The number of hydrogen-bond acceptors (Lipinski definition) is 6. The zero-order valence-corrected chi connectivity index (χ0v) is 15.2. The van der Waals surface area contributed by atoms with Crippen LogP contribution in [0, 0.1) is 0 Å². The maximum atomic E-state index is 12.6. The Balaban J connectivity index is 1.94. The van der Waals surface area contributed by atoms with E-state index in [1.807, 2.05) is 18.2 Å². The van der Waals surface area contributed by atoms with Crippen molar-refractivity contribution in [3.8, 4) is 5.88 Å². The molecular formula is C20H18N4O4. The molecule has 0 atom stereocenters. The molecule has 28 heavy (non-hydrogen) atoms. The minimum absolute atomic E-state index is 0.0867. The van der Waals surface area contributed by atoms with Crippen LogP contribution in [0.2, 0.25) is 0 Å². The van der Waals surface area contributed by atoms with Crippen molar-refractivity contribution in [1.82, 2.24) is 10.0 Å². The molecular weight excluding hydrogens is 360 g/mol. The largest absolute Gasteiger partial charge is 0.836 e. The third-order valence-corrected chi connectivity index (χ3v) is 3.81. The molecule has 0 aliphatic heterocycles. The first-order valence-electron chi connectivity index (χ1n) is 8.65. The summed E-state index contributed by atoms with van der Waals surface area (Å²) in [5.74, 6) is -1.91. The third kappa shape index (κ3) is 4.29. The molecule has 0 radical (unpaired) electrons. The van der Waals surface area contributed by atoms with E-state index < -0.39 is 11.8 Å². The molecule has 142 valence electrons. The van der Waals surface area contributed by atoms with Crippen LogP contribution in [0.25, 0.3) is 0 Å². The molecule has 0 N–H and O–H groups in total. The Morgan fingerprint density at radius 2 is 1.79 bits per heavy atom. The highest BCUT2D eigenvalue weighted by molar-refractivity contribution is 5.95. The molecule has 0 unspecified atom stereocenters. The normalized spacial score (nSPS) is 10.9. The number of benzene rings is 2. The topological polar surface area (TPSA) is 100 Å². The Kier molecular flexibility index (Phi) is 5.91. The lowest BCUT2D eigenvalue weighted by molar-refractivity contribution is -0.745. The predicted molar refractivity (Wildman–Crippen MR) is 98.0 cm³/mol. The first kappa shape index (κ1) is 19.0. The smallest absolute Gasteiger partial charge is 0.383 e. The van der Waals surface area contributed by atoms with Crippen LogP contribution in [0.4, 0.5) is 0 Å². The summed E-state index contributed by atoms with van der Waals surface area (Å²) in [5.41, 5.74) is 0.845. The van der Waals surface area contributed by atoms with Gasteiger partial charge in [0.2, 0.25) is 5.78 Å². The Morgan fingerprint density at radius 1 is 1.14 bits per heavy atom. The van der Waals surface area contributed by atoms with Crippen LogP contribution in [0.1, 0.15) is 33.3 Å². The first-order valence-corrected chi connectivity index (χ1v) is 8.65. The van der Waals surface area contributed by atoms with Gasteiger partial charge in [0.05, 0.1) is 12.8 Å². The molecule has 2 aromatic carbocycles. The van der Waals surface area contributed by atoms with Gasteiger partial charge in [-0.2, -0.15) is 0 Å².